The molecule has 1 amide bonds. The zero-order valence-corrected chi connectivity index (χ0v) is 14.4. The summed E-state index contributed by atoms with van der Waals surface area (Å²) in [6, 6.07) is 0. The average Bonchev–Trinajstić information content (AvgIpc) is 2.39. The predicted octanol–water partition coefficient (Wildman–Crippen LogP) is 3.25. The predicted molar refractivity (Wildman–Crippen MR) is 83.4 cm³/mol. The number of amides is 1. The van der Waals surface area contributed by atoms with Gasteiger partial charge in [-0.15, -0.1) is 0 Å². The summed E-state index contributed by atoms with van der Waals surface area (Å²) in [5, 5.41) is 0.175. The van der Waals surface area contributed by atoms with Crippen LogP contribution in [0.1, 0.15) is 34.1 Å². The number of alkyl halides is 1. The average molecular weight is 346 g/mol. The smallest absolute Gasteiger partial charge is 0.410 e. The Morgan fingerprint density at radius 3 is 2.74 bits per heavy atom. The van der Waals surface area contributed by atoms with Crippen LogP contribution in [0.15, 0.2) is 12.4 Å². The number of carbonyl (C=O) groups excluding carboxylic acids is 1. The molecule has 23 heavy (non-hydrogen) atoms. The second-order valence-corrected chi connectivity index (χ2v) is 7.14. The van der Waals surface area contributed by atoms with E-state index in [9.17, 15) is 9.18 Å². The van der Waals surface area contributed by atoms with E-state index >= 15 is 0 Å². The third-order valence-electron chi connectivity index (χ3n) is 3.33. The van der Waals surface area contributed by atoms with Crippen molar-refractivity contribution < 1.29 is 18.7 Å². The topological polar surface area (TPSA) is 64.5 Å². The van der Waals surface area contributed by atoms with Gasteiger partial charge in [-0.3, -0.25) is 4.98 Å². The lowest BCUT2D eigenvalue weighted by Crippen LogP contribution is -2.56. The second kappa shape index (κ2) is 6.47. The molecule has 2 heterocycles. The van der Waals surface area contributed by atoms with Crippen LogP contribution < -0.4 is 4.74 Å². The fourth-order valence-electron chi connectivity index (χ4n) is 2.32. The van der Waals surface area contributed by atoms with Crippen molar-refractivity contribution in [2.24, 2.45) is 0 Å². The van der Waals surface area contributed by atoms with E-state index in [4.69, 9.17) is 21.1 Å². The Balaban J connectivity index is 2.01. The summed E-state index contributed by atoms with van der Waals surface area (Å²) in [6.45, 7) is 6.94. The number of rotatable bonds is 2. The van der Waals surface area contributed by atoms with Gasteiger partial charge in [-0.1, -0.05) is 11.6 Å². The number of likely N-dealkylation sites (tertiary alicyclic amines) is 1. The molecule has 128 valence electrons. The van der Waals surface area contributed by atoms with Gasteiger partial charge in [-0.25, -0.2) is 9.18 Å². The van der Waals surface area contributed by atoms with Gasteiger partial charge in [0.2, 0.25) is 5.88 Å². The first-order valence-corrected chi connectivity index (χ1v) is 7.76. The lowest BCUT2D eigenvalue weighted by molar-refractivity contribution is -0.0531. The molecule has 1 aromatic rings. The van der Waals surface area contributed by atoms with Gasteiger partial charge in [0.15, 0.2) is 10.8 Å². The number of ether oxygens (including phenoxy) is 2. The van der Waals surface area contributed by atoms with Gasteiger partial charge >= 0.3 is 6.09 Å². The molecule has 0 aromatic carbocycles. The van der Waals surface area contributed by atoms with Gasteiger partial charge in [0, 0.05) is 13.0 Å². The van der Waals surface area contributed by atoms with E-state index in [1.54, 1.807) is 20.8 Å². The minimum absolute atomic E-state index is 0.111. The van der Waals surface area contributed by atoms with Crippen molar-refractivity contribution in [2.75, 3.05) is 13.1 Å². The standard InChI is InChI=1S/C15H21ClFN3O3/c1-14(2,3)23-13(21)20-6-5-10(15(4,17)9-20)22-12-8-18-7-11(16)19-12/h7-8,10H,5-6,9H2,1-4H3/t10-,15+/m0/s1. The van der Waals surface area contributed by atoms with Gasteiger partial charge in [0.1, 0.15) is 11.7 Å². The maximum atomic E-state index is 14.9. The van der Waals surface area contributed by atoms with Crippen LogP contribution in [0.25, 0.3) is 0 Å². The summed E-state index contributed by atoms with van der Waals surface area (Å²) in [7, 11) is 0. The van der Waals surface area contributed by atoms with E-state index < -0.39 is 23.5 Å². The van der Waals surface area contributed by atoms with Crippen LogP contribution in [-0.2, 0) is 4.74 Å². The normalized spacial score (nSPS) is 25.1. The fourth-order valence-corrected chi connectivity index (χ4v) is 2.46. The zero-order valence-electron chi connectivity index (χ0n) is 13.7. The summed E-state index contributed by atoms with van der Waals surface area (Å²) in [6.07, 6.45) is 1.80. The second-order valence-electron chi connectivity index (χ2n) is 6.76. The molecular formula is C15H21ClFN3O3. The van der Waals surface area contributed by atoms with Crippen molar-refractivity contribution in [3.63, 3.8) is 0 Å². The van der Waals surface area contributed by atoms with E-state index in [0.29, 0.717) is 13.0 Å². The first-order chi connectivity index (χ1) is 10.6. The van der Waals surface area contributed by atoms with Gasteiger partial charge in [-0.05, 0) is 27.7 Å². The number of carbonyl (C=O) groups is 1. The number of nitrogens with zero attached hydrogens (tertiary/aromatic N) is 3. The molecule has 2 atom stereocenters. The molecule has 0 spiro atoms. The van der Waals surface area contributed by atoms with E-state index in [2.05, 4.69) is 9.97 Å². The zero-order chi connectivity index (χ0) is 17.3. The van der Waals surface area contributed by atoms with Crippen molar-refractivity contribution in [3.05, 3.63) is 17.5 Å². The first-order valence-electron chi connectivity index (χ1n) is 7.38. The Kier molecular flexibility index (Phi) is 4.98. The number of hydrogen-bond acceptors (Lipinski definition) is 5. The number of aromatic nitrogens is 2. The number of hydrogen-bond donors (Lipinski definition) is 0. The molecule has 1 fully saturated rings. The van der Waals surface area contributed by atoms with Crippen LogP contribution in [0.5, 0.6) is 5.88 Å². The van der Waals surface area contributed by atoms with Crippen LogP contribution in [-0.4, -0.2) is 51.4 Å². The van der Waals surface area contributed by atoms with E-state index in [0.717, 1.165) is 0 Å². The lowest BCUT2D eigenvalue weighted by Gasteiger charge is -2.40. The molecule has 8 heteroatoms. The number of halogens is 2. The summed E-state index contributed by atoms with van der Waals surface area (Å²) < 4.78 is 25.8. The Bertz CT molecular complexity index is 577. The Labute approximate surface area is 139 Å². The minimum Gasteiger partial charge on any atom is -0.470 e. The molecule has 1 saturated heterocycles. The molecule has 0 N–H and O–H groups in total. The molecule has 0 radical (unpaired) electrons. The summed E-state index contributed by atoms with van der Waals surface area (Å²) in [5.74, 6) is 0.164. The lowest BCUT2D eigenvalue weighted by atomic mass is 9.93. The fraction of sp³-hybridized carbons (Fsp3) is 0.667. The summed E-state index contributed by atoms with van der Waals surface area (Å²) >= 11 is 5.74. The highest BCUT2D eigenvalue weighted by Crippen LogP contribution is 2.29. The molecule has 1 aliphatic heterocycles. The van der Waals surface area contributed by atoms with Crippen molar-refractivity contribution in [1.29, 1.82) is 0 Å². The third-order valence-corrected chi connectivity index (χ3v) is 3.51. The molecule has 2 rings (SSSR count). The first kappa shape index (κ1) is 17.7. The van der Waals surface area contributed by atoms with E-state index in [1.807, 2.05) is 0 Å². The molecule has 1 aromatic heterocycles. The quantitative estimate of drug-likeness (QED) is 0.823. The Morgan fingerprint density at radius 2 is 2.17 bits per heavy atom. The van der Waals surface area contributed by atoms with Crippen molar-refractivity contribution in [3.8, 4) is 5.88 Å². The van der Waals surface area contributed by atoms with Gasteiger partial charge < -0.3 is 14.4 Å². The van der Waals surface area contributed by atoms with Gasteiger partial charge in [-0.2, -0.15) is 4.98 Å². The van der Waals surface area contributed by atoms with Crippen LogP contribution in [0.3, 0.4) is 0 Å². The van der Waals surface area contributed by atoms with Crippen molar-refractivity contribution >= 4 is 17.7 Å². The van der Waals surface area contributed by atoms with E-state index in [-0.39, 0.29) is 17.6 Å². The number of piperidine rings is 1. The van der Waals surface area contributed by atoms with Crippen LogP contribution in [0.4, 0.5) is 9.18 Å². The SMILES string of the molecule is CC(C)(C)OC(=O)N1CC[C@H](Oc2cncc(Cl)n2)[C@](C)(F)C1. The Morgan fingerprint density at radius 1 is 1.48 bits per heavy atom. The highest BCUT2D eigenvalue weighted by Gasteiger charge is 2.44. The summed E-state index contributed by atoms with van der Waals surface area (Å²) in [4.78, 5) is 21.2. The Hall–Kier alpha value is -1.63. The maximum absolute atomic E-state index is 14.9. The monoisotopic (exact) mass is 345 g/mol. The van der Waals surface area contributed by atoms with Crippen LogP contribution >= 0.6 is 11.6 Å². The third kappa shape index (κ3) is 4.92. The van der Waals surface area contributed by atoms with Crippen LogP contribution in [0.2, 0.25) is 5.15 Å². The molecule has 0 saturated carbocycles. The van der Waals surface area contributed by atoms with E-state index in [1.165, 1.54) is 24.2 Å². The van der Waals surface area contributed by atoms with Crippen LogP contribution in [0, 0.1) is 0 Å². The maximum Gasteiger partial charge on any atom is 0.410 e. The summed E-state index contributed by atoms with van der Waals surface area (Å²) in [5.41, 5.74) is -2.35. The molecule has 6 nitrogen and oxygen atoms in total. The molecule has 1 aliphatic rings. The highest BCUT2D eigenvalue weighted by atomic mass is 35.5. The largest absolute Gasteiger partial charge is 0.470 e. The van der Waals surface area contributed by atoms with Gasteiger partial charge in [0.25, 0.3) is 0 Å². The molecule has 0 bridgehead atoms. The van der Waals surface area contributed by atoms with Crippen molar-refractivity contribution in [1.82, 2.24) is 14.9 Å². The van der Waals surface area contributed by atoms with Crippen molar-refractivity contribution in [2.45, 2.75) is 51.5 Å². The minimum atomic E-state index is -1.74. The molecule has 0 unspecified atom stereocenters. The van der Waals surface area contributed by atoms with Gasteiger partial charge in [0.05, 0.1) is 18.9 Å². The molecular weight excluding hydrogens is 325 g/mol. The molecule has 0 aliphatic carbocycles. The highest BCUT2D eigenvalue weighted by molar-refractivity contribution is 6.29.